The van der Waals surface area contributed by atoms with Crippen molar-refractivity contribution in [3.63, 3.8) is 0 Å². The standard InChI is InChI=1S/C10H15N3O/c1-3-13-4-2-8(1)9(6-13)5-10-11-7-12-14-10/h7-9H,1-6H2. The lowest BCUT2D eigenvalue weighted by Gasteiger charge is -2.44. The zero-order valence-electron chi connectivity index (χ0n) is 8.22. The predicted molar refractivity (Wildman–Crippen MR) is 50.7 cm³/mol. The molecule has 76 valence electrons. The molecule has 4 rings (SSSR count). The Bertz CT molecular complexity index is 290. The topological polar surface area (TPSA) is 42.2 Å². The van der Waals surface area contributed by atoms with Crippen LogP contribution in [0, 0.1) is 11.8 Å². The maximum absolute atomic E-state index is 5.06. The fourth-order valence-corrected chi connectivity index (χ4v) is 2.83. The van der Waals surface area contributed by atoms with Gasteiger partial charge < -0.3 is 9.42 Å². The van der Waals surface area contributed by atoms with Gasteiger partial charge in [0.05, 0.1) is 0 Å². The predicted octanol–water partition coefficient (Wildman–Crippen LogP) is 0.954. The van der Waals surface area contributed by atoms with Crippen molar-refractivity contribution >= 4 is 0 Å². The van der Waals surface area contributed by atoms with E-state index in [1.54, 1.807) is 0 Å². The minimum atomic E-state index is 0.748. The van der Waals surface area contributed by atoms with Gasteiger partial charge in [0.15, 0.2) is 6.33 Å². The third-order valence-corrected chi connectivity index (χ3v) is 3.64. The Morgan fingerprint density at radius 1 is 1.43 bits per heavy atom. The van der Waals surface area contributed by atoms with Gasteiger partial charge in [-0.3, -0.25) is 0 Å². The summed E-state index contributed by atoms with van der Waals surface area (Å²) in [7, 11) is 0. The SMILES string of the molecule is c1noc(CC2CN3CCC2CC3)n1. The van der Waals surface area contributed by atoms with E-state index in [1.807, 2.05) is 0 Å². The highest BCUT2D eigenvalue weighted by molar-refractivity contribution is 4.91. The van der Waals surface area contributed by atoms with E-state index in [0.29, 0.717) is 0 Å². The van der Waals surface area contributed by atoms with Crippen molar-refractivity contribution in [2.75, 3.05) is 19.6 Å². The van der Waals surface area contributed by atoms with Crippen LogP contribution in [0.15, 0.2) is 10.9 Å². The Kier molecular flexibility index (Phi) is 2.01. The lowest BCUT2D eigenvalue weighted by molar-refractivity contribution is 0.0473. The Labute approximate surface area is 83.3 Å². The summed E-state index contributed by atoms with van der Waals surface area (Å²) in [5.74, 6) is 2.45. The van der Waals surface area contributed by atoms with Crippen molar-refractivity contribution in [2.45, 2.75) is 19.3 Å². The summed E-state index contributed by atoms with van der Waals surface area (Å²) in [6.07, 6.45) is 5.19. The number of hydrogen-bond donors (Lipinski definition) is 0. The van der Waals surface area contributed by atoms with Crippen LogP contribution >= 0.6 is 0 Å². The summed E-state index contributed by atoms with van der Waals surface area (Å²) in [5, 5.41) is 3.65. The quantitative estimate of drug-likeness (QED) is 0.701. The molecule has 0 radical (unpaired) electrons. The van der Waals surface area contributed by atoms with E-state index in [1.165, 1.54) is 38.8 Å². The van der Waals surface area contributed by atoms with Crippen LogP contribution in [-0.2, 0) is 6.42 Å². The van der Waals surface area contributed by atoms with Crippen LogP contribution in [0.25, 0.3) is 0 Å². The molecule has 3 aliphatic rings. The van der Waals surface area contributed by atoms with Crippen LogP contribution in [-0.4, -0.2) is 34.7 Å². The first kappa shape index (κ1) is 8.41. The fourth-order valence-electron chi connectivity index (χ4n) is 2.83. The van der Waals surface area contributed by atoms with Gasteiger partial charge in [0.25, 0.3) is 0 Å². The maximum Gasteiger partial charge on any atom is 0.226 e. The normalized spacial score (nSPS) is 36.1. The van der Waals surface area contributed by atoms with Crippen molar-refractivity contribution in [1.82, 2.24) is 15.0 Å². The molecule has 0 aliphatic carbocycles. The molecule has 2 bridgehead atoms. The van der Waals surface area contributed by atoms with Gasteiger partial charge in [0.2, 0.25) is 5.89 Å². The van der Waals surface area contributed by atoms with Crippen LogP contribution in [0.4, 0.5) is 0 Å². The largest absolute Gasteiger partial charge is 0.340 e. The molecule has 0 N–H and O–H groups in total. The molecule has 1 unspecified atom stereocenters. The minimum absolute atomic E-state index is 0.748. The van der Waals surface area contributed by atoms with Crippen molar-refractivity contribution in [3.8, 4) is 0 Å². The van der Waals surface area contributed by atoms with E-state index in [9.17, 15) is 0 Å². The van der Waals surface area contributed by atoms with Crippen LogP contribution in [0.5, 0.6) is 0 Å². The van der Waals surface area contributed by atoms with Gasteiger partial charge >= 0.3 is 0 Å². The van der Waals surface area contributed by atoms with E-state index in [-0.39, 0.29) is 0 Å². The molecule has 0 spiro atoms. The van der Waals surface area contributed by atoms with Gasteiger partial charge in [-0.25, -0.2) is 0 Å². The molecule has 1 aromatic rings. The number of fused-ring (bicyclic) bond motifs is 3. The lowest BCUT2D eigenvalue weighted by atomic mass is 9.77. The minimum Gasteiger partial charge on any atom is -0.340 e. The number of nitrogens with zero attached hydrogens (tertiary/aromatic N) is 3. The first-order valence-electron chi connectivity index (χ1n) is 5.40. The second-order valence-electron chi connectivity index (χ2n) is 4.44. The molecule has 3 aliphatic heterocycles. The van der Waals surface area contributed by atoms with Crippen molar-refractivity contribution < 1.29 is 4.52 Å². The van der Waals surface area contributed by atoms with E-state index >= 15 is 0 Å². The Hall–Kier alpha value is -0.900. The molecule has 4 heteroatoms. The average molecular weight is 193 g/mol. The van der Waals surface area contributed by atoms with Crippen molar-refractivity contribution in [2.24, 2.45) is 11.8 Å². The molecule has 0 aromatic carbocycles. The first-order valence-corrected chi connectivity index (χ1v) is 5.40. The monoisotopic (exact) mass is 193 g/mol. The zero-order chi connectivity index (χ0) is 9.38. The molecular weight excluding hydrogens is 178 g/mol. The van der Waals surface area contributed by atoms with E-state index in [2.05, 4.69) is 15.0 Å². The third kappa shape index (κ3) is 1.43. The molecule has 3 saturated heterocycles. The number of rotatable bonds is 2. The second-order valence-corrected chi connectivity index (χ2v) is 4.44. The summed E-state index contributed by atoms with van der Waals surface area (Å²) in [4.78, 5) is 6.65. The highest BCUT2D eigenvalue weighted by atomic mass is 16.5. The molecule has 4 nitrogen and oxygen atoms in total. The van der Waals surface area contributed by atoms with Crippen LogP contribution in [0.1, 0.15) is 18.7 Å². The van der Waals surface area contributed by atoms with Gasteiger partial charge in [-0.2, -0.15) is 4.98 Å². The molecule has 1 aromatic heterocycles. The number of aromatic nitrogens is 2. The van der Waals surface area contributed by atoms with Crippen LogP contribution in [0.2, 0.25) is 0 Å². The molecule has 3 fully saturated rings. The smallest absolute Gasteiger partial charge is 0.226 e. The molecule has 0 saturated carbocycles. The number of piperidine rings is 3. The highest BCUT2D eigenvalue weighted by Gasteiger charge is 2.34. The van der Waals surface area contributed by atoms with Gasteiger partial charge in [-0.1, -0.05) is 5.16 Å². The Morgan fingerprint density at radius 3 is 2.86 bits per heavy atom. The maximum atomic E-state index is 5.06. The summed E-state index contributed by atoms with van der Waals surface area (Å²) < 4.78 is 5.06. The molecular formula is C10H15N3O. The van der Waals surface area contributed by atoms with Gasteiger partial charge in [0.1, 0.15) is 0 Å². The summed E-state index contributed by atoms with van der Waals surface area (Å²) in [6.45, 7) is 3.82. The lowest BCUT2D eigenvalue weighted by Crippen LogP contribution is -2.48. The average Bonchev–Trinajstić information content (AvgIpc) is 2.72. The zero-order valence-corrected chi connectivity index (χ0v) is 8.22. The molecule has 1 atom stereocenters. The van der Waals surface area contributed by atoms with Gasteiger partial charge in [-0.05, 0) is 37.8 Å². The van der Waals surface area contributed by atoms with Crippen molar-refractivity contribution in [3.05, 3.63) is 12.2 Å². The Balaban J connectivity index is 1.68. The molecule has 0 amide bonds. The second kappa shape index (κ2) is 3.35. The summed E-state index contributed by atoms with van der Waals surface area (Å²) in [6, 6.07) is 0. The molecule has 14 heavy (non-hydrogen) atoms. The molecule has 4 heterocycles. The van der Waals surface area contributed by atoms with Crippen LogP contribution < -0.4 is 0 Å². The summed E-state index contributed by atoms with van der Waals surface area (Å²) in [5.41, 5.74) is 0. The van der Waals surface area contributed by atoms with Crippen molar-refractivity contribution in [1.29, 1.82) is 0 Å². The highest BCUT2D eigenvalue weighted by Crippen LogP contribution is 2.33. The van der Waals surface area contributed by atoms with Gasteiger partial charge in [-0.15, -0.1) is 0 Å². The first-order chi connectivity index (χ1) is 6.92. The van der Waals surface area contributed by atoms with E-state index in [0.717, 1.165) is 24.1 Å². The number of hydrogen-bond acceptors (Lipinski definition) is 4. The Morgan fingerprint density at radius 2 is 2.29 bits per heavy atom. The van der Waals surface area contributed by atoms with E-state index in [4.69, 9.17) is 4.52 Å². The van der Waals surface area contributed by atoms with Gasteiger partial charge in [0, 0.05) is 13.0 Å². The third-order valence-electron chi connectivity index (χ3n) is 3.64. The van der Waals surface area contributed by atoms with E-state index < -0.39 is 0 Å². The summed E-state index contributed by atoms with van der Waals surface area (Å²) >= 11 is 0. The fraction of sp³-hybridized carbons (Fsp3) is 0.800. The van der Waals surface area contributed by atoms with Crippen LogP contribution in [0.3, 0.4) is 0 Å².